The van der Waals surface area contributed by atoms with Gasteiger partial charge in [-0.25, -0.2) is 4.57 Å². The van der Waals surface area contributed by atoms with Crippen LogP contribution in [0.4, 0.5) is 0 Å². The fourth-order valence-electron chi connectivity index (χ4n) is 2.90. The Morgan fingerprint density at radius 1 is 1.03 bits per heavy atom. The molecule has 3 N–H and O–H groups in total. The molecule has 1 aromatic carbocycles. The van der Waals surface area contributed by atoms with Crippen LogP contribution in [0.3, 0.4) is 0 Å². The third kappa shape index (κ3) is 16.6. The number of likely N-dealkylation sites (N-methyl/N-ethyl adjacent to an activating group) is 1. The summed E-state index contributed by atoms with van der Waals surface area (Å²) >= 11 is 0. The third-order valence-corrected chi connectivity index (χ3v) is 5.39. The predicted octanol–water partition coefficient (Wildman–Crippen LogP) is 3.92. The topological polar surface area (TPSA) is 142 Å². The monoisotopic (exact) mass is 493 g/mol. The molecular weight excluding hydrogens is 453 g/mol. The fraction of sp³-hybridized carbons (Fsp3) is 0.682. The second-order valence-corrected chi connectivity index (χ2v) is 10.1. The minimum atomic E-state index is -4.33. The molecule has 0 saturated carbocycles. The molecule has 0 spiro atoms. The van der Waals surface area contributed by atoms with Crippen LogP contribution in [-0.4, -0.2) is 79.5 Å². The first-order valence-corrected chi connectivity index (χ1v) is 12.5. The Balaban J connectivity index is 0.0000102. The van der Waals surface area contributed by atoms with E-state index in [1.165, 1.54) is 0 Å². The molecule has 1 aromatic rings. The molecule has 0 saturated heterocycles. The summed E-state index contributed by atoms with van der Waals surface area (Å²) in [6.07, 6.45) is 2.85. The molecule has 10 nitrogen and oxygen atoms in total. The number of ether oxygens (including phenoxy) is 2. The number of hydrogen-bond acceptors (Lipinski definition) is 7. The lowest BCUT2D eigenvalue weighted by atomic mass is 10.2. The number of benzene rings is 1. The number of phosphoric ester groups is 1. The predicted molar refractivity (Wildman–Crippen MR) is 124 cm³/mol. The molecule has 0 amide bonds. The number of hydrogen-bond donors (Lipinski definition) is 2. The van der Waals surface area contributed by atoms with Crippen molar-refractivity contribution in [2.45, 2.75) is 51.6 Å². The molecule has 0 aliphatic carbocycles. The van der Waals surface area contributed by atoms with E-state index < -0.39 is 19.9 Å². The molecule has 11 heteroatoms. The number of phosphoric acid groups is 1. The SMILES string of the molecule is CCCCOc1cccc(OCCCCCOP(=O)(O)OC(CC(=O)O)C[N+](C)(C)C)c1.[OH-]. The highest BCUT2D eigenvalue weighted by molar-refractivity contribution is 7.47. The number of carboxylic acid groups (broad SMARTS) is 1. The molecule has 192 valence electrons. The zero-order chi connectivity index (χ0) is 24.0. The smallest absolute Gasteiger partial charge is 0.472 e. The second-order valence-electron chi connectivity index (χ2n) is 8.69. The highest BCUT2D eigenvalue weighted by atomic mass is 31.2. The van der Waals surface area contributed by atoms with E-state index in [2.05, 4.69) is 6.92 Å². The van der Waals surface area contributed by atoms with Gasteiger partial charge in [-0.3, -0.25) is 13.8 Å². The minimum absolute atomic E-state index is 0. The summed E-state index contributed by atoms with van der Waals surface area (Å²) in [6, 6.07) is 7.52. The standard InChI is InChI=1S/C22H38NO8P.H2O/c1-5-6-13-28-19-11-10-12-20(16-19)29-14-8-7-9-15-30-32(26,27)31-21(17-22(24)25)18-23(2,3)4;/h10-12,16,21H,5-9,13-15,17-18H2,1-4H3,(H-,24,25,26,27);1H2. The molecule has 2 unspecified atom stereocenters. The Bertz CT molecular complexity index is 724. The van der Waals surface area contributed by atoms with Gasteiger partial charge in [0.2, 0.25) is 0 Å². The van der Waals surface area contributed by atoms with Gasteiger partial charge in [0.15, 0.2) is 0 Å². The summed E-state index contributed by atoms with van der Waals surface area (Å²) in [6.45, 7) is 3.62. The number of aliphatic carboxylic acids is 1. The molecule has 33 heavy (non-hydrogen) atoms. The van der Waals surface area contributed by atoms with E-state index in [1.807, 2.05) is 45.4 Å². The zero-order valence-electron chi connectivity index (χ0n) is 20.1. The van der Waals surface area contributed by atoms with Crippen molar-refractivity contribution in [2.24, 2.45) is 0 Å². The van der Waals surface area contributed by atoms with Crippen LogP contribution in [0.1, 0.15) is 45.4 Å². The summed E-state index contributed by atoms with van der Waals surface area (Å²) in [4.78, 5) is 20.9. The third-order valence-electron chi connectivity index (χ3n) is 4.32. The minimum Gasteiger partial charge on any atom is -0.870 e. The Hall–Kier alpha value is -1.68. The summed E-state index contributed by atoms with van der Waals surface area (Å²) in [5, 5.41) is 9.00. The average Bonchev–Trinajstić information content (AvgIpc) is 2.65. The molecule has 0 radical (unpaired) electrons. The Labute approximate surface area is 196 Å². The molecular formula is C22H40NO9P. The van der Waals surface area contributed by atoms with Crippen molar-refractivity contribution in [2.75, 3.05) is 47.5 Å². The molecule has 1 rings (SSSR count). The van der Waals surface area contributed by atoms with Crippen LogP contribution in [0.25, 0.3) is 0 Å². The maximum Gasteiger partial charge on any atom is 0.472 e. The summed E-state index contributed by atoms with van der Waals surface area (Å²) in [5.41, 5.74) is 0. The molecule has 0 bridgehead atoms. The molecule has 0 aliphatic heterocycles. The Kier molecular flexibility index (Phi) is 15.2. The van der Waals surface area contributed by atoms with Gasteiger partial charge in [0.1, 0.15) is 24.1 Å². The lowest BCUT2D eigenvalue weighted by molar-refractivity contribution is -0.873. The summed E-state index contributed by atoms with van der Waals surface area (Å²) < 4.78 is 34.1. The van der Waals surface area contributed by atoms with Crippen LogP contribution in [0, 0.1) is 0 Å². The number of unbranched alkanes of at least 4 members (excludes halogenated alkanes) is 3. The molecule has 0 aliphatic rings. The van der Waals surface area contributed by atoms with Crippen molar-refractivity contribution in [3.05, 3.63) is 24.3 Å². The Morgan fingerprint density at radius 2 is 1.61 bits per heavy atom. The van der Waals surface area contributed by atoms with Gasteiger partial charge >= 0.3 is 13.8 Å². The normalized spacial score (nSPS) is 14.1. The average molecular weight is 494 g/mol. The molecule has 0 aromatic heterocycles. The molecule has 2 atom stereocenters. The number of carboxylic acids is 1. The van der Waals surface area contributed by atoms with Gasteiger partial charge in [-0.1, -0.05) is 19.4 Å². The van der Waals surface area contributed by atoms with E-state index in [0.717, 1.165) is 37.2 Å². The molecule has 0 fully saturated rings. The van der Waals surface area contributed by atoms with Gasteiger partial charge in [-0.05, 0) is 37.8 Å². The highest BCUT2D eigenvalue weighted by Gasteiger charge is 2.31. The Morgan fingerprint density at radius 3 is 2.15 bits per heavy atom. The lowest BCUT2D eigenvalue weighted by Crippen LogP contribution is -2.42. The number of carbonyl (C=O) groups is 1. The summed E-state index contributed by atoms with van der Waals surface area (Å²) in [5.74, 6) is 0.432. The van der Waals surface area contributed by atoms with Crippen LogP contribution in [0.2, 0.25) is 0 Å². The first-order valence-electron chi connectivity index (χ1n) is 11.0. The first kappa shape index (κ1) is 31.3. The van der Waals surface area contributed by atoms with E-state index in [0.29, 0.717) is 24.1 Å². The van der Waals surface area contributed by atoms with E-state index in [4.69, 9.17) is 23.6 Å². The quantitative estimate of drug-likeness (QED) is 0.177. The van der Waals surface area contributed by atoms with Crippen molar-refractivity contribution in [3.8, 4) is 11.5 Å². The summed E-state index contributed by atoms with van der Waals surface area (Å²) in [7, 11) is 1.21. The van der Waals surface area contributed by atoms with Gasteiger partial charge in [0.05, 0.1) is 47.4 Å². The highest BCUT2D eigenvalue weighted by Crippen LogP contribution is 2.45. The van der Waals surface area contributed by atoms with Crippen molar-refractivity contribution in [3.63, 3.8) is 0 Å². The van der Waals surface area contributed by atoms with Gasteiger partial charge in [-0.2, -0.15) is 0 Å². The molecule has 0 heterocycles. The van der Waals surface area contributed by atoms with Crippen molar-refractivity contribution < 1.29 is 47.8 Å². The number of nitrogens with zero attached hydrogens (tertiary/aromatic N) is 1. The van der Waals surface area contributed by atoms with Gasteiger partial charge < -0.3 is 29.4 Å². The largest absolute Gasteiger partial charge is 0.870 e. The van der Waals surface area contributed by atoms with Crippen LogP contribution >= 0.6 is 7.82 Å². The van der Waals surface area contributed by atoms with Crippen molar-refractivity contribution >= 4 is 13.8 Å². The maximum atomic E-state index is 12.2. The first-order chi connectivity index (χ1) is 15.0. The second kappa shape index (κ2) is 16.0. The van der Waals surface area contributed by atoms with Crippen LogP contribution in [0.15, 0.2) is 24.3 Å². The van der Waals surface area contributed by atoms with E-state index in [9.17, 15) is 14.3 Å². The van der Waals surface area contributed by atoms with E-state index in [1.54, 1.807) is 0 Å². The van der Waals surface area contributed by atoms with Crippen molar-refractivity contribution in [1.29, 1.82) is 0 Å². The van der Waals surface area contributed by atoms with Crippen molar-refractivity contribution in [1.82, 2.24) is 0 Å². The van der Waals surface area contributed by atoms with Gasteiger partial charge in [0.25, 0.3) is 0 Å². The number of quaternary nitrogens is 1. The van der Waals surface area contributed by atoms with Crippen LogP contribution < -0.4 is 9.47 Å². The number of rotatable bonds is 18. The van der Waals surface area contributed by atoms with Crippen LogP contribution in [0.5, 0.6) is 11.5 Å². The van der Waals surface area contributed by atoms with Gasteiger partial charge in [-0.15, -0.1) is 0 Å². The lowest BCUT2D eigenvalue weighted by Gasteiger charge is -2.29. The van der Waals surface area contributed by atoms with Gasteiger partial charge in [0, 0.05) is 6.07 Å². The fourth-order valence-corrected chi connectivity index (χ4v) is 3.84. The van der Waals surface area contributed by atoms with Crippen LogP contribution in [-0.2, 0) is 18.4 Å². The van der Waals surface area contributed by atoms with E-state index in [-0.39, 0.29) is 25.0 Å². The maximum absolute atomic E-state index is 12.2. The zero-order valence-corrected chi connectivity index (χ0v) is 21.0. The van der Waals surface area contributed by atoms with E-state index >= 15 is 0 Å².